The summed E-state index contributed by atoms with van der Waals surface area (Å²) in [6, 6.07) is 6.36. The molecule has 92 valence electrons. The molecule has 17 heavy (non-hydrogen) atoms. The highest BCUT2D eigenvalue weighted by atomic mass is 16.3. The molecule has 1 aliphatic carbocycles. The average Bonchev–Trinajstić information content (AvgIpc) is 2.66. The Labute approximate surface area is 103 Å². The predicted molar refractivity (Wildman–Crippen MR) is 70.3 cm³/mol. The van der Waals surface area contributed by atoms with Gasteiger partial charge in [-0.3, -0.25) is 0 Å². The van der Waals surface area contributed by atoms with Crippen molar-refractivity contribution < 1.29 is 5.11 Å². The summed E-state index contributed by atoms with van der Waals surface area (Å²) in [6.45, 7) is 4.20. The first-order valence-corrected chi connectivity index (χ1v) is 6.80. The van der Waals surface area contributed by atoms with Crippen molar-refractivity contribution in [2.75, 3.05) is 18.0 Å². The molecule has 1 atom stereocenters. The minimum atomic E-state index is -0.355. The van der Waals surface area contributed by atoms with Gasteiger partial charge in [-0.15, -0.1) is 0 Å². The highest BCUT2D eigenvalue weighted by Gasteiger charge is 2.27. The Kier molecular flexibility index (Phi) is 2.83. The Balaban J connectivity index is 1.88. The first-order chi connectivity index (χ1) is 8.25. The zero-order chi connectivity index (χ0) is 11.8. The van der Waals surface area contributed by atoms with Crippen LogP contribution >= 0.6 is 0 Å². The van der Waals surface area contributed by atoms with Gasteiger partial charge in [-0.2, -0.15) is 0 Å². The lowest BCUT2D eigenvalue weighted by Gasteiger charge is -2.32. The van der Waals surface area contributed by atoms with Crippen LogP contribution in [0.1, 0.15) is 43.4 Å². The summed E-state index contributed by atoms with van der Waals surface area (Å²) in [5.74, 6) is 0.892. The van der Waals surface area contributed by atoms with Crippen molar-refractivity contribution in [3.8, 4) is 0 Å². The quantitative estimate of drug-likeness (QED) is 0.864. The number of aliphatic hydroxyl groups is 1. The molecule has 2 nitrogen and oxygen atoms in total. The number of hydrogen-bond donors (Lipinski definition) is 1. The summed E-state index contributed by atoms with van der Waals surface area (Å²) in [5, 5.41) is 9.88. The molecule has 0 spiro atoms. The van der Waals surface area contributed by atoms with Gasteiger partial charge >= 0.3 is 0 Å². The maximum absolute atomic E-state index is 9.88. The number of para-hydroxylation sites is 1. The molecule has 0 bridgehead atoms. The van der Waals surface area contributed by atoms with Crippen molar-refractivity contribution in [3.63, 3.8) is 0 Å². The number of aliphatic hydroxyl groups excluding tert-OH is 1. The third kappa shape index (κ3) is 1.95. The number of nitrogens with zero attached hydrogens (tertiary/aromatic N) is 1. The molecule has 1 unspecified atom stereocenters. The lowest BCUT2D eigenvalue weighted by molar-refractivity contribution is 0.199. The van der Waals surface area contributed by atoms with E-state index in [1.54, 1.807) is 0 Å². The summed E-state index contributed by atoms with van der Waals surface area (Å²) >= 11 is 0. The van der Waals surface area contributed by atoms with E-state index in [1.165, 1.54) is 37.1 Å². The van der Waals surface area contributed by atoms with Crippen LogP contribution in [0.25, 0.3) is 0 Å². The molecule has 0 saturated heterocycles. The Morgan fingerprint density at radius 3 is 2.88 bits per heavy atom. The normalized spacial score (nSPS) is 21.2. The Bertz CT molecular complexity index is 409. The lowest BCUT2D eigenvalue weighted by Crippen LogP contribution is -2.31. The van der Waals surface area contributed by atoms with Crippen LogP contribution in [0.15, 0.2) is 18.2 Å². The molecule has 1 aromatic carbocycles. The first kappa shape index (κ1) is 11.1. The number of anilines is 1. The van der Waals surface area contributed by atoms with E-state index >= 15 is 0 Å². The molecule has 1 N–H and O–H groups in total. The topological polar surface area (TPSA) is 23.5 Å². The third-order valence-electron chi connectivity index (χ3n) is 4.27. The maximum Gasteiger partial charge on any atom is 0.0782 e. The largest absolute Gasteiger partial charge is 0.389 e. The van der Waals surface area contributed by atoms with E-state index in [0.29, 0.717) is 0 Å². The zero-order valence-electron chi connectivity index (χ0n) is 10.5. The molecule has 3 rings (SSSR count). The minimum Gasteiger partial charge on any atom is -0.389 e. The van der Waals surface area contributed by atoms with Gasteiger partial charge < -0.3 is 10.0 Å². The molecule has 1 aliphatic heterocycles. The van der Waals surface area contributed by atoms with Gasteiger partial charge in [0.15, 0.2) is 0 Å². The van der Waals surface area contributed by atoms with Gasteiger partial charge in [0, 0.05) is 24.3 Å². The predicted octanol–water partition coefficient (Wildman–Crippen LogP) is 2.90. The van der Waals surface area contributed by atoms with Gasteiger partial charge in [0.1, 0.15) is 0 Å². The van der Waals surface area contributed by atoms with Crippen LogP contribution in [-0.4, -0.2) is 18.2 Å². The Hall–Kier alpha value is -1.02. The van der Waals surface area contributed by atoms with Crippen molar-refractivity contribution in [2.24, 2.45) is 5.92 Å². The molecular weight excluding hydrogens is 210 g/mol. The van der Waals surface area contributed by atoms with Gasteiger partial charge in [-0.25, -0.2) is 0 Å². The Morgan fingerprint density at radius 1 is 1.41 bits per heavy atom. The summed E-state index contributed by atoms with van der Waals surface area (Å²) in [7, 11) is 0. The highest BCUT2D eigenvalue weighted by molar-refractivity contribution is 5.64. The van der Waals surface area contributed by atoms with Gasteiger partial charge in [-0.05, 0) is 37.7 Å². The maximum atomic E-state index is 9.88. The van der Waals surface area contributed by atoms with Crippen molar-refractivity contribution in [2.45, 2.75) is 38.7 Å². The molecule has 2 heteroatoms. The smallest absolute Gasteiger partial charge is 0.0782 e. The second kappa shape index (κ2) is 4.34. The second-order valence-electron chi connectivity index (χ2n) is 5.52. The van der Waals surface area contributed by atoms with E-state index in [2.05, 4.69) is 23.1 Å². The first-order valence-electron chi connectivity index (χ1n) is 6.80. The zero-order valence-corrected chi connectivity index (χ0v) is 10.5. The number of hydrogen-bond acceptors (Lipinski definition) is 2. The van der Waals surface area contributed by atoms with Crippen LogP contribution in [-0.2, 0) is 6.42 Å². The van der Waals surface area contributed by atoms with E-state index in [9.17, 15) is 5.11 Å². The summed E-state index contributed by atoms with van der Waals surface area (Å²) in [6.07, 6.45) is 4.98. The summed E-state index contributed by atoms with van der Waals surface area (Å²) < 4.78 is 0. The standard InChI is InChI=1S/C15H21NO/c1-11(17)14-7-3-6-13-8-9-16(15(13)14)10-12-4-2-5-12/h3,6-7,11-12,17H,2,4-5,8-10H2,1H3. The molecule has 1 aromatic rings. The van der Waals surface area contributed by atoms with E-state index in [-0.39, 0.29) is 6.10 Å². The minimum absolute atomic E-state index is 0.355. The molecule has 1 heterocycles. The molecule has 0 aromatic heterocycles. The molecular formula is C15H21NO. The van der Waals surface area contributed by atoms with Crippen LogP contribution in [0.2, 0.25) is 0 Å². The lowest BCUT2D eigenvalue weighted by atomic mass is 9.85. The molecule has 1 saturated carbocycles. The number of rotatable bonds is 3. The van der Waals surface area contributed by atoms with Crippen LogP contribution < -0.4 is 4.90 Å². The fraction of sp³-hybridized carbons (Fsp3) is 0.600. The van der Waals surface area contributed by atoms with E-state index in [1.807, 2.05) is 6.92 Å². The molecule has 0 amide bonds. The van der Waals surface area contributed by atoms with Crippen LogP contribution in [0.4, 0.5) is 5.69 Å². The van der Waals surface area contributed by atoms with Crippen molar-refractivity contribution >= 4 is 5.69 Å². The van der Waals surface area contributed by atoms with Gasteiger partial charge in [0.25, 0.3) is 0 Å². The van der Waals surface area contributed by atoms with Gasteiger partial charge in [-0.1, -0.05) is 24.6 Å². The van der Waals surface area contributed by atoms with Crippen LogP contribution in [0.3, 0.4) is 0 Å². The fourth-order valence-electron chi connectivity index (χ4n) is 3.07. The summed E-state index contributed by atoms with van der Waals surface area (Å²) in [4.78, 5) is 2.50. The highest BCUT2D eigenvalue weighted by Crippen LogP contribution is 2.37. The van der Waals surface area contributed by atoms with E-state index in [4.69, 9.17) is 0 Å². The fourth-order valence-corrected chi connectivity index (χ4v) is 3.07. The molecule has 2 aliphatic rings. The second-order valence-corrected chi connectivity index (χ2v) is 5.52. The number of fused-ring (bicyclic) bond motifs is 1. The van der Waals surface area contributed by atoms with Crippen molar-refractivity contribution in [1.29, 1.82) is 0 Å². The van der Waals surface area contributed by atoms with Gasteiger partial charge in [0.2, 0.25) is 0 Å². The summed E-state index contributed by atoms with van der Waals surface area (Å²) in [5.41, 5.74) is 3.86. The monoisotopic (exact) mass is 231 g/mol. The van der Waals surface area contributed by atoms with Crippen molar-refractivity contribution in [1.82, 2.24) is 0 Å². The SMILES string of the molecule is CC(O)c1cccc2c1N(CC1CCC1)CC2. The average molecular weight is 231 g/mol. The van der Waals surface area contributed by atoms with Crippen LogP contribution in [0, 0.1) is 5.92 Å². The third-order valence-corrected chi connectivity index (χ3v) is 4.27. The Morgan fingerprint density at radius 2 is 2.24 bits per heavy atom. The van der Waals surface area contributed by atoms with Crippen molar-refractivity contribution in [3.05, 3.63) is 29.3 Å². The van der Waals surface area contributed by atoms with E-state index in [0.717, 1.165) is 24.4 Å². The molecule has 0 radical (unpaired) electrons. The van der Waals surface area contributed by atoms with E-state index < -0.39 is 0 Å². The van der Waals surface area contributed by atoms with Crippen LogP contribution in [0.5, 0.6) is 0 Å². The number of benzene rings is 1. The molecule has 1 fully saturated rings. The van der Waals surface area contributed by atoms with Gasteiger partial charge in [0.05, 0.1) is 6.10 Å².